The van der Waals surface area contributed by atoms with Crippen LogP contribution in [0.25, 0.3) is 11.0 Å². The van der Waals surface area contributed by atoms with Gasteiger partial charge in [-0.15, -0.1) is 0 Å². The molecule has 2 heterocycles. The maximum Gasteiger partial charge on any atom is 0.411 e. The number of nitrogens with zero attached hydrogens (tertiary/aromatic N) is 4. The summed E-state index contributed by atoms with van der Waals surface area (Å²) >= 11 is 0. The van der Waals surface area contributed by atoms with E-state index in [1.54, 1.807) is 13.2 Å². The summed E-state index contributed by atoms with van der Waals surface area (Å²) in [5.74, 6) is 0.720. The topological polar surface area (TPSA) is 64.9 Å². The van der Waals surface area contributed by atoms with E-state index < -0.39 is 12.8 Å². The van der Waals surface area contributed by atoms with Gasteiger partial charge in [0.15, 0.2) is 11.5 Å². The largest absolute Gasteiger partial charge is 0.411 e. The van der Waals surface area contributed by atoms with Gasteiger partial charge >= 0.3 is 6.18 Å². The number of nitrogens with one attached hydrogen (secondary N) is 1. The first kappa shape index (κ1) is 14.5. The van der Waals surface area contributed by atoms with Crippen LogP contribution < -0.4 is 5.32 Å². The first-order chi connectivity index (χ1) is 9.40. The molecule has 2 rings (SSSR count). The Morgan fingerprint density at radius 2 is 2.10 bits per heavy atom. The number of rotatable bonds is 5. The van der Waals surface area contributed by atoms with E-state index in [0.29, 0.717) is 23.4 Å². The number of aryl methyl sites for hydroxylation is 1. The fraction of sp³-hybridized carbons (Fsp3) is 0.545. The lowest BCUT2D eigenvalue weighted by atomic mass is 10.3. The van der Waals surface area contributed by atoms with Gasteiger partial charge in [-0.3, -0.25) is 4.68 Å². The fourth-order valence-electron chi connectivity index (χ4n) is 1.69. The number of alkyl halides is 3. The standard InChI is InChI=1S/C11H14F3N5O/c1-3-15-9-7-4-16-19(2)10(7)18-8(17-9)5-20-6-11(12,13)14/h4H,3,5-6H2,1-2H3,(H,15,17,18). The van der Waals surface area contributed by atoms with E-state index in [1.165, 1.54) is 4.68 Å². The van der Waals surface area contributed by atoms with E-state index in [9.17, 15) is 13.2 Å². The summed E-state index contributed by atoms with van der Waals surface area (Å²) in [5.41, 5.74) is 0.543. The summed E-state index contributed by atoms with van der Waals surface area (Å²) in [4.78, 5) is 8.31. The summed E-state index contributed by atoms with van der Waals surface area (Å²) in [6, 6.07) is 0. The van der Waals surface area contributed by atoms with Crippen LogP contribution in [0.2, 0.25) is 0 Å². The monoisotopic (exact) mass is 289 g/mol. The minimum absolute atomic E-state index is 0.182. The van der Waals surface area contributed by atoms with Crippen LogP contribution in [0.5, 0.6) is 0 Å². The van der Waals surface area contributed by atoms with E-state index in [0.717, 1.165) is 0 Å². The van der Waals surface area contributed by atoms with Gasteiger partial charge in [0.25, 0.3) is 0 Å². The van der Waals surface area contributed by atoms with Gasteiger partial charge in [-0.25, -0.2) is 9.97 Å². The third-order valence-corrected chi connectivity index (χ3v) is 2.48. The van der Waals surface area contributed by atoms with Gasteiger partial charge in [0.05, 0.1) is 11.6 Å². The molecule has 0 aliphatic heterocycles. The van der Waals surface area contributed by atoms with Crippen molar-refractivity contribution >= 4 is 16.9 Å². The highest BCUT2D eigenvalue weighted by molar-refractivity contribution is 5.86. The van der Waals surface area contributed by atoms with Crippen LogP contribution in [0.3, 0.4) is 0 Å². The predicted molar refractivity (Wildman–Crippen MR) is 66.2 cm³/mol. The van der Waals surface area contributed by atoms with Crippen molar-refractivity contribution in [3.63, 3.8) is 0 Å². The predicted octanol–water partition coefficient (Wildman–Crippen LogP) is 1.87. The Balaban J connectivity index is 2.22. The van der Waals surface area contributed by atoms with Crippen molar-refractivity contribution in [3.05, 3.63) is 12.0 Å². The molecular formula is C11H14F3N5O. The highest BCUT2D eigenvalue weighted by Gasteiger charge is 2.27. The summed E-state index contributed by atoms with van der Waals surface area (Å²) in [6.07, 6.45) is -2.76. The molecule has 1 N–H and O–H groups in total. The molecule has 0 radical (unpaired) electrons. The fourth-order valence-corrected chi connectivity index (χ4v) is 1.69. The van der Waals surface area contributed by atoms with E-state index in [4.69, 9.17) is 0 Å². The number of hydrogen-bond donors (Lipinski definition) is 1. The second-order valence-corrected chi connectivity index (χ2v) is 4.13. The average molecular weight is 289 g/mol. The molecule has 0 aliphatic rings. The van der Waals surface area contributed by atoms with Crippen molar-refractivity contribution in [2.24, 2.45) is 7.05 Å². The van der Waals surface area contributed by atoms with Gasteiger partial charge in [0.1, 0.15) is 19.0 Å². The number of ether oxygens (including phenoxy) is 1. The van der Waals surface area contributed by atoms with Crippen molar-refractivity contribution in [1.82, 2.24) is 19.7 Å². The molecule has 2 aromatic heterocycles. The van der Waals surface area contributed by atoms with Crippen molar-refractivity contribution in [2.75, 3.05) is 18.5 Å². The highest BCUT2D eigenvalue weighted by atomic mass is 19.4. The summed E-state index contributed by atoms with van der Waals surface area (Å²) in [6.45, 7) is 0.892. The minimum atomic E-state index is -4.36. The lowest BCUT2D eigenvalue weighted by Gasteiger charge is -2.09. The van der Waals surface area contributed by atoms with Crippen molar-refractivity contribution in [2.45, 2.75) is 19.7 Å². The summed E-state index contributed by atoms with van der Waals surface area (Å²) in [7, 11) is 1.70. The lowest BCUT2D eigenvalue weighted by molar-refractivity contribution is -0.177. The molecule has 0 amide bonds. The number of anilines is 1. The van der Waals surface area contributed by atoms with Crippen LogP contribution in [-0.4, -0.2) is 39.1 Å². The molecule has 0 saturated heterocycles. The highest BCUT2D eigenvalue weighted by Crippen LogP contribution is 2.20. The number of halogens is 3. The maximum absolute atomic E-state index is 12.0. The van der Waals surface area contributed by atoms with E-state index in [2.05, 4.69) is 25.1 Å². The molecule has 0 spiro atoms. The molecule has 6 nitrogen and oxygen atoms in total. The zero-order chi connectivity index (χ0) is 14.8. The van der Waals surface area contributed by atoms with Gasteiger partial charge in [0, 0.05) is 13.6 Å². The van der Waals surface area contributed by atoms with E-state index in [-0.39, 0.29) is 12.4 Å². The van der Waals surface area contributed by atoms with Crippen molar-refractivity contribution in [3.8, 4) is 0 Å². The molecular weight excluding hydrogens is 275 g/mol. The van der Waals surface area contributed by atoms with Gasteiger partial charge in [-0.05, 0) is 6.92 Å². The number of hydrogen-bond acceptors (Lipinski definition) is 5. The Morgan fingerprint density at radius 1 is 1.35 bits per heavy atom. The van der Waals surface area contributed by atoms with Crippen LogP contribution >= 0.6 is 0 Å². The van der Waals surface area contributed by atoms with Crippen molar-refractivity contribution in [1.29, 1.82) is 0 Å². The molecule has 110 valence electrons. The summed E-state index contributed by atoms with van der Waals surface area (Å²) in [5, 5.41) is 7.80. The third kappa shape index (κ3) is 3.35. The second-order valence-electron chi connectivity index (χ2n) is 4.13. The maximum atomic E-state index is 12.0. The van der Waals surface area contributed by atoms with Gasteiger partial charge < -0.3 is 10.1 Å². The Kier molecular flexibility index (Phi) is 4.07. The molecule has 0 unspecified atom stereocenters. The Hall–Kier alpha value is -1.90. The SMILES string of the molecule is CCNc1nc(COCC(F)(F)F)nc2c1cnn2C. The van der Waals surface area contributed by atoms with Crippen LogP contribution in [-0.2, 0) is 18.4 Å². The van der Waals surface area contributed by atoms with Crippen LogP contribution in [0.1, 0.15) is 12.7 Å². The molecule has 20 heavy (non-hydrogen) atoms. The average Bonchev–Trinajstić information content (AvgIpc) is 2.70. The first-order valence-corrected chi connectivity index (χ1v) is 5.97. The Morgan fingerprint density at radius 3 is 2.75 bits per heavy atom. The number of fused-ring (bicyclic) bond motifs is 1. The smallest absolute Gasteiger partial charge is 0.370 e. The zero-order valence-corrected chi connectivity index (χ0v) is 11.0. The first-order valence-electron chi connectivity index (χ1n) is 5.97. The molecule has 0 aromatic carbocycles. The van der Waals surface area contributed by atoms with Gasteiger partial charge in [0.2, 0.25) is 0 Å². The van der Waals surface area contributed by atoms with E-state index in [1.807, 2.05) is 6.92 Å². The quantitative estimate of drug-likeness (QED) is 0.910. The zero-order valence-electron chi connectivity index (χ0n) is 11.0. The Bertz CT molecular complexity index is 595. The molecule has 9 heteroatoms. The normalized spacial score (nSPS) is 12.1. The molecule has 2 aromatic rings. The van der Waals surface area contributed by atoms with Crippen molar-refractivity contribution < 1.29 is 17.9 Å². The minimum Gasteiger partial charge on any atom is -0.370 e. The van der Waals surface area contributed by atoms with Gasteiger partial charge in [-0.2, -0.15) is 18.3 Å². The molecule has 0 aliphatic carbocycles. The lowest BCUT2D eigenvalue weighted by Crippen LogP contribution is -2.17. The third-order valence-electron chi connectivity index (χ3n) is 2.48. The van der Waals surface area contributed by atoms with Gasteiger partial charge in [-0.1, -0.05) is 0 Å². The van der Waals surface area contributed by atoms with Crippen LogP contribution in [0.15, 0.2) is 6.20 Å². The molecule has 0 fully saturated rings. The Labute approximate surface area is 113 Å². The van der Waals surface area contributed by atoms with Crippen LogP contribution in [0.4, 0.5) is 19.0 Å². The molecule has 0 saturated carbocycles. The van der Waals surface area contributed by atoms with Crippen LogP contribution in [0, 0.1) is 0 Å². The van der Waals surface area contributed by atoms with E-state index >= 15 is 0 Å². The number of aromatic nitrogens is 4. The molecule has 0 bridgehead atoms. The summed E-state index contributed by atoms with van der Waals surface area (Å²) < 4.78 is 42.2. The molecule has 0 atom stereocenters. The second kappa shape index (κ2) is 5.61.